The Kier molecular flexibility index (Phi) is 4.39. The third-order valence-corrected chi connectivity index (χ3v) is 3.95. The monoisotopic (exact) mass is 295 g/mol. The van der Waals surface area contributed by atoms with Crippen LogP contribution in [0.5, 0.6) is 0 Å². The number of anilines is 2. The van der Waals surface area contributed by atoms with E-state index in [0.29, 0.717) is 0 Å². The zero-order valence-corrected chi connectivity index (χ0v) is 12.8. The van der Waals surface area contributed by atoms with Crippen LogP contribution < -0.4 is 10.2 Å². The predicted octanol–water partition coefficient (Wildman–Crippen LogP) is 3.24. The number of benzene rings is 2. The lowest BCUT2D eigenvalue weighted by Crippen LogP contribution is -2.43. The van der Waals surface area contributed by atoms with Crippen molar-refractivity contribution in [2.24, 2.45) is 0 Å². The molecule has 2 amide bonds. The normalized spacial score (nSPS) is 18.1. The maximum Gasteiger partial charge on any atom is 0.326 e. The van der Waals surface area contributed by atoms with Crippen LogP contribution in [0.3, 0.4) is 0 Å². The van der Waals surface area contributed by atoms with Crippen molar-refractivity contribution in [3.05, 3.63) is 60.7 Å². The molecule has 0 bridgehead atoms. The first-order chi connectivity index (χ1) is 10.7. The molecule has 2 aromatic rings. The van der Waals surface area contributed by atoms with Gasteiger partial charge >= 0.3 is 6.03 Å². The van der Waals surface area contributed by atoms with Crippen molar-refractivity contribution >= 4 is 17.4 Å². The first kappa shape index (κ1) is 14.6. The van der Waals surface area contributed by atoms with Gasteiger partial charge in [0.2, 0.25) is 0 Å². The number of para-hydroxylation sites is 2. The molecule has 0 radical (unpaired) electrons. The molecule has 1 aliphatic heterocycles. The Morgan fingerprint density at radius 1 is 1.05 bits per heavy atom. The van der Waals surface area contributed by atoms with Crippen LogP contribution in [0.15, 0.2) is 60.7 Å². The van der Waals surface area contributed by atoms with Crippen molar-refractivity contribution in [3.63, 3.8) is 0 Å². The third-order valence-electron chi connectivity index (χ3n) is 3.95. The molecule has 1 unspecified atom stereocenters. The smallest absolute Gasteiger partial charge is 0.326 e. The van der Waals surface area contributed by atoms with Gasteiger partial charge in [-0.15, -0.1) is 0 Å². The van der Waals surface area contributed by atoms with Crippen molar-refractivity contribution in [2.45, 2.75) is 12.5 Å². The van der Waals surface area contributed by atoms with Crippen LogP contribution in [0.2, 0.25) is 0 Å². The average molecular weight is 295 g/mol. The summed E-state index contributed by atoms with van der Waals surface area (Å²) in [5, 5.41) is 3.15. The summed E-state index contributed by atoms with van der Waals surface area (Å²) in [5.74, 6) is 0. The number of hydrogen-bond acceptors (Lipinski definition) is 2. The van der Waals surface area contributed by atoms with Gasteiger partial charge in [0.1, 0.15) is 0 Å². The van der Waals surface area contributed by atoms with E-state index in [-0.39, 0.29) is 12.1 Å². The maximum absolute atomic E-state index is 12.8. The molecule has 114 valence electrons. The Morgan fingerprint density at radius 3 is 2.05 bits per heavy atom. The van der Waals surface area contributed by atoms with Gasteiger partial charge in [-0.2, -0.15) is 0 Å². The van der Waals surface area contributed by atoms with Crippen molar-refractivity contribution < 1.29 is 4.79 Å². The lowest BCUT2D eigenvalue weighted by molar-refractivity contribution is 0.244. The molecule has 1 aliphatic rings. The highest BCUT2D eigenvalue weighted by molar-refractivity contribution is 5.99. The van der Waals surface area contributed by atoms with E-state index in [9.17, 15) is 4.79 Å². The molecule has 4 heteroatoms. The highest BCUT2D eigenvalue weighted by Gasteiger charge is 2.25. The number of likely N-dealkylation sites (N-methyl/N-ethyl adjacent to an activating group) is 1. The van der Waals surface area contributed by atoms with E-state index in [0.717, 1.165) is 30.9 Å². The second-order valence-electron chi connectivity index (χ2n) is 5.70. The fraction of sp³-hybridized carbons (Fsp3) is 0.278. The number of hydrogen-bond donors (Lipinski definition) is 1. The molecule has 0 aromatic heterocycles. The molecule has 0 spiro atoms. The zero-order chi connectivity index (χ0) is 15.4. The van der Waals surface area contributed by atoms with E-state index < -0.39 is 0 Å². The first-order valence-electron chi connectivity index (χ1n) is 7.63. The summed E-state index contributed by atoms with van der Waals surface area (Å²) in [5.41, 5.74) is 1.75. The number of carbonyl (C=O) groups is 1. The lowest BCUT2D eigenvalue weighted by atomic mass is 10.2. The van der Waals surface area contributed by atoms with Gasteiger partial charge < -0.3 is 10.2 Å². The molecule has 1 N–H and O–H groups in total. The van der Waals surface area contributed by atoms with Crippen LogP contribution in [0.25, 0.3) is 0 Å². The Labute approximate surface area is 131 Å². The summed E-state index contributed by atoms with van der Waals surface area (Å²) >= 11 is 0. The van der Waals surface area contributed by atoms with E-state index in [2.05, 4.69) is 17.3 Å². The molecule has 4 nitrogen and oxygen atoms in total. The first-order valence-corrected chi connectivity index (χ1v) is 7.63. The Hall–Kier alpha value is -2.33. The van der Waals surface area contributed by atoms with E-state index >= 15 is 0 Å². The molecule has 22 heavy (non-hydrogen) atoms. The zero-order valence-electron chi connectivity index (χ0n) is 12.8. The van der Waals surface area contributed by atoms with Crippen LogP contribution in [0.1, 0.15) is 6.42 Å². The van der Waals surface area contributed by atoms with Gasteiger partial charge in [0.05, 0.1) is 11.4 Å². The van der Waals surface area contributed by atoms with E-state index in [1.165, 1.54) is 0 Å². The molecule has 0 saturated carbocycles. The minimum atomic E-state index is -0.0716. The van der Waals surface area contributed by atoms with Crippen LogP contribution in [0.4, 0.5) is 16.2 Å². The molecule has 2 aromatic carbocycles. The van der Waals surface area contributed by atoms with Gasteiger partial charge in [-0.05, 0) is 44.3 Å². The summed E-state index contributed by atoms with van der Waals surface area (Å²) in [4.78, 5) is 16.8. The topological polar surface area (TPSA) is 35.6 Å². The number of likely N-dealkylation sites (tertiary alicyclic amines) is 1. The summed E-state index contributed by atoms with van der Waals surface area (Å²) in [6, 6.07) is 19.6. The molecular weight excluding hydrogens is 274 g/mol. The summed E-state index contributed by atoms with van der Waals surface area (Å²) in [6.45, 7) is 1.94. The number of nitrogens with one attached hydrogen (secondary N) is 1. The maximum atomic E-state index is 12.8. The van der Waals surface area contributed by atoms with E-state index in [1.807, 2.05) is 60.7 Å². The summed E-state index contributed by atoms with van der Waals surface area (Å²) < 4.78 is 0. The van der Waals surface area contributed by atoms with Gasteiger partial charge in [-0.25, -0.2) is 4.79 Å². The predicted molar refractivity (Wildman–Crippen MR) is 89.5 cm³/mol. The second kappa shape index (κ2) is 6.62. The fourth-order valence-electron chi connectivity index (χ4n) is 2.83. The van der Waals surface area contributed by atoms with Crippen LogP contribution in [-0.4, -0.2) is 37.1 Å². The van der Waals surface area contributed by atoms with Gasteiger partial charge in [0, 0.05) is 12.6 Å². The third kappa shape index (κ3) is 3.28. The van der Waals surface area contributed by atoms with E-state index in [4.69, 9.17) is 0 Å². The summed E-state index contributed by atoms with van der Waals surface area (Å²) in [6.07, 6.45) is 1.000. The average Bonchev–Trinajstić information content (AvgIpc) is 2.95. The molecule has 1 saturated heterocycles. The molecule has 3 rings (SSSR count). The number of nitrogens with zero attached hydrogens (tertiary/aromatic N) is 2. The van der Waals surface area contributed by atoms with Crippen molar-refractivity contribution in [1.29, 1.82) is 0 Å². The highest BCUT2D eigenvalue weighted by Crippen LogP contribution is 2.25. The van der Waals surface area contributed by atoms with Gasteiger partial charge in [0.15, 0.2) is 0 Å². The standard InChI is InChI=1S/C18H21N3O/c1-20-13-12-15(14-20)19-18(22)21(16-8-4-2-5-9-16)17-10-6-3-7-11-17/h2-11,15H,12-14H2,1H3,(H,19,22). The number of amides is 2. The Morgan fingerprint density at radius 2 is 1.59 bits per heavy atom. The van der Waals surface area contributed by atoms with Crippen LogP contribution >= 0.6 is 0 Å². The summed E-state index contributed by atoms with van der Waals surface area (Å²) in [7, 11) is 2.08. The SMILES string of the molecule is CN1CCC(NC(=O)N(c2ccccc2)c2ccccc2)C1. The molecule has 1 heterocycles. The second-order valence-corrected chi connectivity index (χ2v) is 5.70. The Bertz CT molecular complexity index is 575. The number of rotatable bonds is 3. The van der Waals surface area contributed by atoms with Gasteiger partial charge in [-0.1, -0.05) is 36.4 Å². The van der Waals surface area contributed by atoms with Crippen molar-refractivity contribution in [2.75, 3.05) is 25.0 Å². The van der Waals surface area contributed by atoms with Crippen LogP contribution in [-0.2, 0) is 0 Å². The number of urea groups is 1. The minimum absolute atomic E-state index is 0.0716. The van der Waals surface area contributed by atoms with E-state index in [1.54, 1.807) is 4.90 Å². The largest absolute Gasteiger partial charge is 0.333 e. The highest BCUT2D eigenvalue weighted by atomic mass is 16.2. The Balaban J connectivity index is 1.84. The molecule has 1 fully saturated rings. The van der Waals surface area contributed by atoms with Crippen molar-refractivity contribution in [1.82, 2.24) is 10.2 Å². The fourth-order valence-corrected chi connectivity index (χ4v) is 2.83. The minimum Gasteiger partial charge on any atom is -0.333 e. The molecule has 0 aliphatic carbocycles. The number of carbonyl (C=O) groups excluding carboxylic acids is 1. The van der Waals surface area contributed by atoms with Crippen LogP contribution in [0, 0.1) is 0 Å². The van der Waals surface area contributed by atoms with Gasteiger partial charge in [0.25, 0.3) is 0 Å². The molecular formula is C18H21N3O. The molecule has 1 atom stereocenters. The van der Waals surface area contributed by atoms with Gasteiger partial charge in [-0.3, -0.25) is 4.90 Å². The van der Waals surface area contributed by atoms with Crippen molar-refractivity contribution in [3.8, 4) is 0 Å². The quantitative estimate of drug-likeness (QED) is 0.943. The lowest BCUT2D eigenvalue weighted by Gasteiger charge is -2.25.